The zero-order chi connectivity index (χ0) is 25.0. The summed E-state index contributed by atoms with van der Waals surface area (Å²) in [5.74, 6) is 4.42. The molecule has 13 heteroatoms. The summed E-state index contributed by atoms with van der Waals surface area (Å²) in [4.78, 5) is 32.6. The second-order valence-electron chi connectivity index (χ2n) is 7.92. The van der Waals surface area contributed by atoms with Crippen molar-refractivity contribution in [3.05, 3.63) is 54.3 Å². The van der Waals surface area contributed by atoms with E-state index in [-0.39, 0.29) is 30.6 Å². The first-order valence-electron chi connectivity index (χ1n) is 10.9. The van der Waals surface area contributed by atoms with E-state index in [2.05, 4.69) is 4.84 Å². The van der Waals surface area contributed by atoms with Crippen LogP contribution in [0.25, 0.3) is 0 Å². The molecule has 0 saturated carbocycles. The summed E-state index contributed by atoms with van der Waals surface area (Å²) in [6, 6.07) is 9.34. The molecular formula is C22H25FN4O7S. The van der Waals surface area contributed by atoms with Gasteiger partial charge in [0.15, 0.2) is 0 Å². The highest BCUT2D eigenvalue weighted by Crippen LogP contribution is 2.27. The highest BCUT2D eigenvalue weighted by molar-refractivity contribution is 7.89. The van der Waals surface area contributed by atoms with Gasteiger partial charge in [-0.2, -0.15) is 10.2 Å². The van der Waals surface area contributed by atoms with Crippen LogP contribution < -0.4 is 10.6 Å². The van der Waals surface area contributed by atoms with E-state index in [1.54, 1.807) is 4.90 Å². The van der Waals surface area contributed by atoms with Crippen LogP contribution >= 0.6 is 0 Å². The number of hydrogen-bond donors (Lipinski definition) is 1. The molecule has 188 valence electrons. The Balaban J connectivity index is 1.50. The van der Waals surface area contributed by atoms with E-state index in [4.69, 9.17) is 15.4 Å². The van der Waals surface area contributed by atoms with Gasteiger partial charge in [-0.05, 0) is 48.5 Å². The number of nitrogens with zero attached hydrogens (tertiary/aromatic N) is 3. The highest BCUT2D eigenvalue weighted by Gasteiger charge is 2.43. The van der Waals surface area contributed by atoms with Crippen molar-refractivity contribution in [3.8, 4) is 11.5 Å². The largest absolute Gasteiger partial charge is 0.457 e. The van der Waals surface area contributed by atoms with Crippen LogP contribution in [0.5, 0.6) is 11.5 Å². The van der Waals surface area contributed by atoms with Gasteiger partial charge in [-0.15, -0.1) is 0 Å². The Bertz CT molecular complexity index is 1160. The fourth-order valence-electron chi connectivity index (χ4n) is 3.91. The quantitative estimate of drug-likeness (QED) is 0.596. The molecule has 1 atom stereocenters. The molecule has 2 aliphatic heterocycles. The van der Waals surface area contributed by atoms with Crippen LogP contribution in [0.4, 0.5) is 9.18 Å². The molecule has 4 rings (SSSR count). The topological polar surface area (TPSA) is 132 Å². The number of carbonyl (C=O) groups excluding carboxylic acids is 2. The molecule has 0 spiro atoms. The third kappa shape index (κ3) is 5.53. The number of rotatable bonds is 5. The fraction of sp³-hybridized carbons (Fsp3) is 0.364. The first-order valence-corrected chi connectivity index (χ1v) is 12.3. The average Bonchev–Trinajstić information content (AvgIpc) is 2.89. The van der Waals surface area contributed by atoms with Crippen molar-refractivity contribution in [1.82, 2.24) is 14.1 Å². The zero-order valence-corrected chi connectivity index (χ0v) is 19.5. The van der Waals surface area contributed by atoms with Gasteiger partial charge in [-0.3, -0.25) is 0 Å². The van der Waals surface area contributed by atoms with E-state index in [1.165, 1.54) is 53.4 Å². The van der Waals surface area contributed by atoms with Crippen molar-refractivity contribution in [3.63, 3.8) is 0 Å². The summed E-state index contributed by atoms with van der Waals surface area (Å²) < 4.78 is 51.6. The standard InChI is InChI=1S/C22H25FN4O7S/c23-16-1-3-17(4-2-16)33-18-5-7-19(8-6-18)35(30,31)27-10-9-26(15-20(27)21(28)34-24)22(29)25-11-13-32-14-12-25/h1-8,20H,9-15,24H2/t20-/m1/s1. The van der Waals surface area contributed by atoms with E-state index < -0.39 is 27.9 Å². The SMILES string of the molecule is NOC(=O)[C@H]1CN(C(=O)N2CCOCC2)CCN1S(=O)(=O)c1ccc(Oc2ccc(F)cc2)cc1. The number of halogens is 1. The van der Waals surface area contributed by atoms with Gasteiger partial charge in [0, 0.05) is 32.7 Å². The Hall–Kier alpha value is -3.26. The van der Waals surface area contributed by atoms with Crippen LogP contribution in [0.15, 0.2) is 53.4 Å². The molecule has 35 heavy (non-hydrogen) atoms. The minimum atomic E-state index is -4.14. The maximum absolute atomic E-state index is 13.4. The molecule has 0 aromatic heterocycles. The number of ether oxygens (including phenoxy) is 2. The Morgan fingerprint density at radius 3 is 2.11 bits per heavy atom. The molecular weight excluding hydrogens is 483 g/mol. The molecule has 2 aromatic carbocycles. The number of carbonyl (C=O) groups is 2. The van der Waals surface area contributed by atoms with Crippen molar-refractivity contribution >= 4 is 22.0 Å². The van der Waals surface area contributed by atoms with Crippen LogP contribution in [0.3, 0.4) is 0 Å². The second kappa shape index (κ2) is 10.6. The van der Waals surface area contributed by atoms with Crippen LogP contribution in [-0.4, -0.2) is 86.5 Å². The first kappa shape index (κ1) is 24.9. The predicted octanol–water partition coefficient (Wildman–Crippen LogP) is 1.16. The number of nitrogens with two attached hydrogens (primary N) is 1. The molecule has 2 heterocycles. The number of piperazine rings is 1. The van der Waals surface area contributed by atoms with Gasteiger partial charge in [-0.1, -0.05) is 0 Å². The lowest BCUT2D eigenvalue weighted by molar-refractivity contribution is -0.150. The molecule has 2 amide bonds. The van der Waals surface area contributed by atoms with Crippen molar-refractivity contribution in [1.29, 1.82) is 0 Å². The zero-order valence-electron chi connectivity index (χ0n) is 18.7. The highest BCUT2D eigenvalue weighted by atomic mass is 32.2. The number of morpholine rings is 1. The Labute approximate surface area is 201 Å². The van der Waals surface area contributed by atoms with E-state index in [0.717, 1.165) is 4.31 Å². The third-order valence-corrected chi connectivity index (χ3v) is 7.67. The first-order chi connectivity index (χ1) is 16.8. The summed E-state index contributed by atoms with van der Waals surface area (Å²) in [5, 5.41) is 0. The maximum Gasteiger partial charge on any atom is 0.344 e. The molecule has 11 nitrogen and oxygen atoms in total. The maximum atomic E-state index is 13.4. The van der Waals surface area contributed by atoms with Crippen LogP contribution in [0, 0.1) is 5.82 Å². The molecule has 0 unspecified atom stereocenters. The summed E-state index contributed by atoms with van der Waals surface area (Å²) in [5.41, 5.74) is 0. The van der Waals surface area contributed by atoms with E-state index in [1.807, 2.05) is 0 Å². The number of benzene rings is 2. The lowest BCUT2D eigenvalue weighted by Gasteiger charge is -2.41. The van der Waals surface area contributed by atoms with Crippen molar-refractivity contribution in [2.75, 3.05) is 45.9 Å². The number of urea groups is 1. The number of amides is 2. The summed E-state index contributed by atoms with van der Waals surface area (Å²) in [6.07, 6.45) is 0. The smallest absolute Gasteiger partial charge is 0.344 e. The van der Waals surface area contributed by atoms with Gasteiger partial charge in [0.25, 0.3) is 0 Å². The lowest BCUT2D eigenvalue weighted by Crippen LogP contribution is -2.62. The Kier molecular flexibility index (Phi) is 7.50. The van der Waals surface area contributed by atoms with Gasteiger partial charge in [0.2, 0.25) is 10.0 Å². The summed E-state index contributed by atoms with van der Waals surface area (Å²) in [7, 11) is -4.14. The van der Waals surface area contributed by atoms with Gasteiger partial charge < -0.3 is 24.1 Å². The van der Waals surface area contributed by atoms with E-state index in [9.17, 15) is 22.4 Å². The fourth-order valence-corrected chi connectivity index (χ4v) is 5.47. The average molecular weight is 509 g/mol. The molecule has 2 aliphatic rings. The monoisotopic (exact) mass is 508 g/mol. The van der Waals surface area contributed by atoms with Crippen molar-refractivity contribution < 1.29 is 36.7 Å². The summed E-state index contributed by atoms with van der Waals surface area (Å²) in [6.45, 7) is 1.43. The molecule has 0 aliphatic carbocycles. The molecule has 0 radical (unpaired) electrons. The van der Waals surface area contributed by atoms with Crippen molar-refractivity contribution in [2.24, 2.45) is 5.90 Å². The molecule has 2 fully saturated rings. The predicted molar refractivity (Wildman–Crippen MR) is 120 cm³/mol. The second-order valence-corrected chi connectivity index (χ2v) is 9.81. The molecule has 2 saturated heterocycles. The molecule has 2 aromatic rings. The Morgan fingerprint density at radius 2 is 1.51 bits per heavy atom. The van der Waals surface area contributed by atoms with Crippen LogP contribution in [0.2, 0.25) is 0 Å². The van der Waals surface area contributed by atoms with Gasteiger partial charge >= 0.3 is 12.0 Å². The van der Waals surface area contributed by atoms with Crippen LogP contribution in [0.1, 0.15) is 0 Å². The minimum Gasteiger partial charge on any atom is -0.457 e. The van der Waals surface area contributed by atoms with Gasteiger partial charge in [0.1, 0.15) is 23.4 Å². The van der Waals surface area contributed by atoms with Gasteiger partial charge in [-0.25, -0.2) is 22.4 Å². The lowest BCUT2D eigenvalue weighted by atomic mass is 10.2. The number of hydrogen-bond acceptors (Lipinski definition) is 8. The van der Waals surface area contributed by atoms with Gasteiger partial charge in [0.05, 0.1) is 18.1 Å². The van der Waals surface area contributed by atoms with E-state index >= 15 is 0 Å². The summed E-state index contributed by atoms with van der Waals surface area (Å²) >= 11 is 0. The Morgan fingerprint density at radius 1 is 0.914 bits per heavy atom. The molecule has 0 bridgehead atoms. The van der Waals surface area contributed by atoms with E-state index in [0.29, 0.717) is 37.8 Å². The number of sulfonamides is 1. The van der Waals surface area contributed by atoms with Crippen LogP contribution in [-0.2, 0) is 24.4 Å². The third-order valence-electron chi connectivity index (χ3n) is 5.75. The normalized spacial score (nSPS) is 19.3. The molecule has 2 N–H and O–H groups in total. The van der Waals surface area contributed by atoms with Crippen molar-refractivity contribution in [2.45, 2.75) is 10.9 Å². The minimum absolute atomic E-state index is 0.0771.